The minimum atomic E-state index is 0. The standard InChI is InChI=1S/C22H21Cl2N3O.ClH.H2O/c1-27-17-10-11-19(27)20(18(12-17)13-2-6-15(23)7-3-13)22-25-21(26-28-22)14-4-8-16(24)9-5-14;;/h2-9,17-20H,10-12H2,1H3;1H;1H2/t17-,18-,19?,20?;;/m1../s1. The lowest BCUT2D eigenvalue weighted by molar-refractivity contribution is 0.120. The van der Waals surface area contributed by atoms with Crippen LogP contribution in [0.4, 0.5) is 0 Å². The highest BCUT2D eigenvalue weighted by atomic mass is 35.5. The van der Waals surface area contributed by atoms with Crippen molar-refractivity contribution in [3.63, 3.8) is 0 Å². The second-order valence-corrected chi connectivity index (χ2v) is 8.72. The van der Waals surface area contributed by atoms with Gasteiger partial charge in [-0.15, -0.1) is 12.4 Å². The van der Waals surface area contributed by atoms with Crippen LogP contribution in [0.15, 0.2) is 53.1 Å². The van der Waals surface area contributed by atoms with Crippen molar-refractivity contribution in [2.45, 2.75) is 43.2 Å². The van der Waals surface area contributed by atoms with Crippen LogP contribution in [0.1, 0.15) is 42.6 Å². The minimum absolute atomic E-state index is 0. The molecular formula is C22H24Cl3N3O2. The van der Waals surface area contributed by atoms with E-state index in [-0.39, 0.29) is 23.8 Å². The first-order valence-electron chi connectivity index (χ1n) is 9.67. The van der Waals surface area contributed by atoms with Crippen LogP contribution < -0.4 is 0 Å². The van der Waals surface area contributed by atoms with E-state index in [1.54, 1.807) is 0 Å². The maximum atomic E-state index is 6.12. The number of likely N-dealkylation sites (N-methyl/N-ethyl adjacent to an activating group) is 1. The number of benzene rings is 2. The van der Waals surface area contributed by atoms with Gasteiger partial charge in [0, 0.05) is 27.7 Å². The molecule has 2 aromatic carbocycles. The molecule has 2 unspecified atom stereocenters. The molecule has 3 aromatic rings. The molecular weight excluding hydrogens is 445 g/mol. The molecule has 3 heterocycles. The van der Waals surface area contributed by atoms with Crippen LogP contribution in [0.3, 0.4) is 0 Å². The molecule has 4 atom stereocenters. The number of hydrogen-bond acceptors (Lipinski definition) is 4. The Balaban J connectivity index is 0.00000128. The third-order valence-corrected chi connectivity index (χ3v) is 6.90. The van der Waals surface area contributed by atoms with E-state index < -0.39 is 0 Å². The van der Waals surface area contributed by atoms with E-state index in [2.05, 4.69) is 29.2 Å². The summed E-state index contributed by atoms with van der Waals surface area (Å²) in [4.78, 5) is 7.31. The third-order valence-electron chi connectivity index (χ3n) is 6.40. The summed E-state index contributed by atoms with van der Waals surface area (Å²) in [6, 6.07) is 16.8. The number of hydrogen-bond donors (Lipinski definition) is 0. The van der Waals surface area contributed by atoms with Crippen molar-refractivity contribution < 1.29 is 10.00 Å². The highest BCUT2D eigenvalue weighted by Gasteiger charge is 2.48. The van der Waals surface area contributed by atoms with E-state index in [0.29, 0.717) is 28.8 Å². The van der Waals surface area contributed by atoms with Gasteiger partial charge >= 0.3 is 0 Å². The van der Waals surface area contributed by atoms with Crippen LogP contribution in [0.2, 0.25) is 10.0 Å². The van der Waals surface area contributed by atoms with Crippen molar-refractivity contribution >= 4 is 35.6 Å². The van der Waals surface area contributed by atoms with Crippen LogP contribution in [-0.2, 0) is 0 Å². The van der Waals surface area contributed by atoms with Crippen molar-refractivity contribution in [3.05, 3.63) is 70.0 Å². The molecule has 2 bridgehead atoms. The van der Waals surface area contributed by atoms with Crippen molar-refractivity contribution in [2.75, 3.05) is 7.05 Å². The van der Waals surface area contributed by atoms with Gasteiger partial charge in [-0.2, -0.15) is 4.98 Å². The van der Waals surface area contributed by atoms with Gasteiger partial charge in [0.15, 0.2) is 0 Å². The summed E-state index contributed by atoms with van der Waals surface area (Å²) in [6.45, 7) is 0. The fourth-order valence-electron chi connectivity index (χ4n) is 4.94. The molecule has 2 aliphatic heterocycles. The van der Waals surface area contributed by atoms with Crippen LogP contribution in [0, 0.1) is 0 Å². The fraction of sp³-hybridized carbons (Fsp3) is 0.364. The van der Waals surface area contributed by atoms with Gasteiger partial charge in [0.2, 0.25) is 11.7 Å². The Hall–Kier alpha value is -1.63. The average molecular weight is 469 g/mol. The zero-order valence-corrected chi connectivity index (χ0v) is 18.8. The Morgan fingerprint density at radius 2 is 1.60 bits per heavy atom. The van der Waals surface area contributed by atoms with Crippen molar-refractivity contribution in [1.82, 2.24) is 15.0 Å². The predicted molar refractivity (Wildman–Crippen MR) is 122 cm³/mol. The van der Waals surface area contributed by atoms with Crippen LogP contribution in [0.25, 0.3) is 11.4 Å². The van der Waals surface area contributed by atoms with Gasteiger partial charge in [-0.1, -0.05) is 40.5 Å². The van der Waals surface area contributed by atoms with E-state index in [9.17, 15) is 0 Å². The first-order valence-corrected chi connectivity index (χ1v) is 10.4. The lowest BCUT2D eigenvalue weighted by atomic mass is 9.76. The number of halogens is 3. The summed E-state index contributed by atoms with van der Waals surface area (Å²) in [7, 11) is 2.23. The molecule has 1 aromatic heterocycles. The Morgan fingerprint density at radius 3 is 2.27 bits per heavy atom. The highest BCUT2D eigenvalue weighted by Crippen LogP contribution is 2.50. The molecule has 0 aliphatic carbocycles. The molecule has 2 aliphatic rings. The van der Waals surface area contributed by atoms with Gasteiger partial charge in [0.25, 0.3) is 0 Å². The number of aromatic nitrogens is 2. The topological polar surface area (TPSA) is 73.7 Å². The predicted octanol–water partition coefficient (Wildman–Crippen LogP) is 5.37. The van der Waals surface area contributed by atoms with Crippen molar-refractivity contribution in [3.8, 4) is 11.4 Å². The second kappa shape index (κ2) is 9.25. The molecule has 2 saturated heterocycles. The van der Waals surface area contributed by atoms with E-state index in [4.69, 9.17) is 32.7 Å². The molecule has 160 valence electrons. The summed E-state index contributed by atoms with van der Waals surface area (Å²) in [6.07, 6.45) is 3.48. The monoisotopic (exact) mass is 467 g/mol. The first-order chi connectivity index (χ1) is 13.6. The molecule has 0 saturated carbocycles. The molecule has 30 heavy (non-hydrogen) atoms. The Labute approximate surface area is 192 Å². The number of piperidine rings is 1. The van der Waals surface area contributed by atoms with Crippen LogP contribution >= 0.6 is 35.6 Å². The number of rotatable bonds is 3. The molecule has 5 rings (SSSR count). The van der Waals surface area contributed by atoms with Gasteiger partial charge in [0.05, 0.1) is 5.92 Å². The fourth-order valence-corrected chi connectivity index (χ4v) is 5.19. The third kappa shape index (κ3) is 4.10. The SMILES string of the molecule is CN1C2CC[C@@H]1C[C@H](c1ccc(Cl)cc1)C2c1nc(-c2ccc(Cl)cc2)no1.Cl.O. The van der Waals surface area contributed by atoms with Gasteiger partial charge < -0.3 is 10.00 Å². The zero-order chi connectivity index (χ0) is 19.3. The molecule has 2 N–H and O–H groups in total. The smallest absolute Gasteiger partial charge is 0.232 e. The average Bonchev–Trinajstić information content (AvgIpc) is 3.26. The molecule has 8 heteroatoms. The molecule has 0 spiro atoms. The maximum Gasteiger partial charge on any atom is 0.232 e. The van der Waals surface area contributed by atoms with Crippen LogP contribution in [-0.4, -0.2) is 39.6 Å². The summed E-state index contributed by atoms with van der Waals surface area (Å²) < 4.78 is 5.82. The van der Waals surface area contributed by atoms with Crippen molar-refractivity contribution in [1.29, 1.82) is 0 Å². The van der Waals surface area contributed by atoms with E-state index in [0.717, 1.165) is 29.3 Å². The Bertz CT molecular complexity index is 978. The summed E-state index contributed by atoms with van der Waals surface area (Å²) in [5.74, 6) is 1.87. The molecule has 5 nitrogen and oxygen atoms in total. The largest absolute Gasteiger partial charge is 0.412 e. The zero-order valence-electron chi connectivity index (χ0n) is 16.5. The lowest BCUT2D eigenvalue weighted by Gasteiger charge is -2.41. The van der Waals surface area contributed by atoms with Gasteiger partial charge in [0.1, 0.15) is 0 Å². The molecule has 0 radical (unpaired) electrons. The first kappa shape index (κ1) is 23.0. The Kier molecular flexibility index (Phi) is 7.10. The van der Waals surface area contributed by atoms with E-state index in [1.165, 1.54) is 12.0 Å². The number of fused-ring (bicyclic) bond motifs is 2. The van der Waals surface area contributed by atoms with E-state index in [1.807, 2.05) is 36.4 Å². The summed E-state index contributed by atoms with van der Waals surface area (Å²) in [5.41, 5.74) is 2.21. The quantitative estimate of drug-likeness (QED) is 0.517. The highest BCUT2D eigenvalue weighted by molar-refractivity contribution is 6.30. The summed E-state index contributed by atoms with van der Waals surface area (Å²) >= 11 is 12.1. The maximum absolute atomic E-state index is 6.12. The van der Waals surface area contributed by atoms with Gasteiger partial charge in [-0.05, 0) is 74.2 Å². The minimum Gasteiger partial charge on any atom is -0.412 e. The Morgan fingerprint density at radius 1 is 0.967 bits per heavy atom. The van der Waals surface area contributed by atoms with Crippen LogP contribution in [0.5, 0.6) is 0 Å². The van der Waals surface area contributed by atoms with Gasteiger partial charge in [-0.3, -0.25) is 4.90 Å². The lowest BCUT2D eigenvalue weighted by Crippen LogP contribution is -2.44. The second-order valence-electron chi connectivity index (χ2n) is 7.85. The normalized spacial score (nSPS) is 25.4. The van der Waals surface area contributed by atoms with Gasteiger partial charge in [-0.25, -0.2) is 0 Å². The number of nitrogens with zero attached hydrogens (tertiary/aromatic N) is 3. The van der Waals surface area contributed by atoms with Crippen molar-refractivity contribution in [2.24, 2.45) is 0 Å². The molecule has 0 amide bonds. The summed E-state index contributed by atoms with van der Waals surface area (Å²) in [5, 5.41) is 5.73. The molecule has 2 fully saturated rings. The van der Waals surface area contributed by atoms with E-state index >= 15 is 0 Å².